The van der Waals surface area contributed by atoms with Crippen LogP contribution in [0.4, 0.5) is 18.9 Å². The maximum absolute atomic E-state index is 13.2. The second kappa shape index (κ2) is 8.51. The van der Waals surface area contributed by atoms with Gasteiger partial charge in [0.15, 0.2) is 5.69 Å². The molecular formula is C18H23F3N4O3. The normalized spacial score (nSPS) is 12.7. The second-order valence-corrected chi connectivity index (χ2v) is 5.98. The number of carbonyl (C=O) groups excluding carboxylic acids is 1. The van der Waals surface area contributed by atoms with Crippen molar-refractivity contribution >= 4 is 11.7 Å². The van der Waals surface area contributed by atoms with E-state index in [1.54, 1.807) is 32.0 Å². The Kier molecular flexibility index (Phi) is 6.55. The van der Waals surface area contributed by atoms with Crippen LogP contribution < -0.4 is 16.2 Å². The molecule has 0 saturated carbocycles. The van der Waals surface area contributed by atoms with Crippen LogP contribution in [-0.2, 0) is 11.3 Å². The molecule has 10 heteroatoms. The molecule has 1 aromatic carbocycles. The van der Waals surface area contributed by atoms with Gasteiger partial charge in [0.05, 0.1) is 30.5 Å². The lowest BCUT2D eigenvalue weighted by molar-refractivity contribution is -0.147. The topological polar surface area (TPSA) is 105 Å². The number of nitrogens with two attached hydrogens (primary N) is 2. The number of halogens is 3. The van der Waals surface area contributed by atoms with Gasteiger partial charge in [0.25, 0.3) is 0 Å². The van der Waals surface area contributed by atoms with Crippen molar-refractivity contribution in [2.24, 2.45) is 5.73 Å². The first kappa shape index (κ1) is 21.5. The van der Waals surface area contributed by atoms with Crippen molar-refractivity contribution in [1.29, 1.82) is 0 Å². The highest BCUT2D eigenvalue weighted by atomic mass is 19.4. The van der Waals surface area contributed by atoms with Crippen LogP contribution in [-0.4, -0.2) is 35.1 Å². The molecule has 28 heavy (non-hydrogen) atoms. The zero-order valence-electron chi connectivity index (χ0n) is 15.8. The number of rotatable bonds is 7. The predicted octanol–water partition coefficient (Wildman–Crippen LogP) is 3.15. The SMILES string of the molecule is CCOC(=O)c1c(N)c(C(C)C(F)(F)F)nn1-c1ccc(CN)cc1OCC. The maximum Gasteiger partial charge on any atom is 0.397 e. The zero-order chi connectivity index (χ0) is 21.1. The molecule has 0 aliphatic carbocycles. The van der Waals surface area contributed by atoms with E-state index in [-0.39, 0.29) is 30.2 Å². The van der Waals surface area contributed by atoms with Crippen molar-refractivity contribution in [2.75, 3.05) is 18.9 Å². The Balaban J connectivity index is 2.74. The Morgan fingerprint density at radius 2 is 1.96 bits per heavy atom. The number of ether oxygens (including phenoxy) is 2. The summed E-state index contributed by atoms with van der Waals surface area (Å²) in [7, 11) is 0. The molecule has 0 aliphatic heterocycles. The van der Waals surface area contributed by atoms with Gasteiger partial charge in [-0.1, -0.05) is 6.07 Å². The molecule has 154 valence electrons. The van der Waals surface area contributed by atoms with Crippen LogP contribution in [0.2, 0.25) is 0 Å². The molecule has 1 aromatic heterocycles. The molecule has 0 radical (unpaired) electrons. The number of nitrogens with zero attached hydrogens (tertiary/aromatic N) is 2. The Morgan fingerprint density at radius 1 is 1.29 bits per heavy atom. The number of carbonyl (C=O) groups is 1. The molecule has 0 spiro atoms. The van der Waals surface area contributed by atoms with Gasteiger partial charge in [0.2, 0.25) is 0 Å². The second-order valence-electron chi connectivity index (χ2n) is 5.98. The van der Waals surface area contributed by atoms with E-state index in [1.165, 1.54) is 0 Å². The summed E-state index contributed by atoms with van der Waals surface area (Å²) >= 11 is 0. The zero-order valence-corrected chi connectivity index (χ0v) is 15.8. The van der Waals surface area contributed by atoms with Gasteiger partial charge in [-0.2, -0.15) is 18.3 Å². The number of anilines is 1. The van der Waals surface area contributed by atoms with Gasteiger partial charge in [0.1, 0.15) is 11.4 Å². The molecule has 1 heterocycles. The van der Waals surface area contributed by atoms with Gasteiger partial charge >= 0.3 is 12.1 Å². The lowest BCUT2D eigenvalue weighted by atomic mass is 10.1. The molecular weight excluding hydrogens is 377 g/mol. The van der Waals surface area contributed by atoms with Crippen molar-refractivity contribution in [3.05, 3.63) is 35.2 Å². The Hall–Kier alpha value is -2.75. The largest absolute Gasteiger partial charge is 0.492 e. The minimum atomic E-state index is -4.58. The summed E-state index contributed by atoms with van der Waals surface area (Å²) in [5.41, 5.74) is 11.4. The molecule has 0 amide bonds. The molecule has 1 unspecified atom stereocenters. The van der Waals surface area contributed by atoms with E-state index in [2.05, 4.69) is 5.10 Å². The standard InChI is InChI=1S/C18H23F3N4O3/c1-4-27-13-8-11(9-22)6-7-12(13)25-16(17(26)28-5-2)14(23)15(24-25)10(3)18(19,20)21/h6-8,10H,4-5,9,22-23H2,1-3H3. The van der Waals surface area contributed by atoms with E-state index in [0.29, 0.717) is 12.4 Å². The van der Waals surface area contributed by atoms with Crippen LogP contribution >= 0.6 is 0 Å². The Bertz CT molecular complexity index is 849. The van der Waals surface area contributed by atoms with Gasteiger partial charge in [0, 0.05) is 6.54 Å². The lowest BCUT2D eigenvalue weighted by Crippen LogP contribution is -2.19. The third-order valence-corrected chi connectivity index (χ3v) is 4.11. The highest BCUT2D eigenvalue weighted by Gasteiger charge is 2.42. The van der Waals surface area contributed by atoms with Crippen LogP contribution in [0, 0.1) is 0 Å². The predicted molar refractivity (Wildman–Crippen MR) is 97.5 cm³/mol. The van der Waals surface area contributed by atoms with E-state index in [0.717, 1.165) is 17.2 Å². The number of hydrogen-bond acceptors (Lipinski definition) is 6. The Morgan fingerprint density at radius 3 is 2.50 bits per heavy atom. The smallest absolute Gasteiger partial charge is 0.397 e. The molecule has 0 bridgehead atoms. The van der Waals surface area contributed by atoms with Crippen molar-refractivity contribution in [2.45, 2.75) is 39.4 Å². The number of aromatic nitrogens is 2. The summed E-state index contributed by atoms with van der Waals surface area (Å²) in [5.74, 6) is -2.54. The van der Waals surface area contributed by atoms with Crippen molar-refractivity contribution in [3.63, 3.8) is 0 Å². The molecule has 2 rings (SSSR count). The van der Waals surface area contributed by atoms with Crippen LogP contribution in [0.5, 0.6) is 5.75 Å². The average molecular weight is 400 g/mol. The quantitative estimate of drug-likeness (QED) is 0.692. The maximum atomic E-state index is 13.2. The van der Waals surface area contributed by atoms with Crippen LogP contribution in [0.3, 0.4) is 0 Å². The van der Waals surface area contributed by atoms with Gasteiger partial charge in [-0.25, -0.2) is 9.48 Å². The van der Waals surface area contributed by atoms with Gasteiger partial charge in [-0.3, -0.25) is 0 Å². The first-order valence-corrected chi connectivity index (χ1v) is 8.73. The van der Waals surface area contributed by atoms with Crippen molar-refractivity contribution < 1.29 is 27.4 Å². The van der Waals surface area contributed by atoms with Crippen LogP contribution in [0.1, 0.15) is 48.4 Å². The summed E-state index contributed by atoms with van der Waals surface area (Å²) in [6, 6.07) is 4.86. The average Bonchev–Trinajstić information content (AvgIpc) is 2.97. The fourth-order valence-electron chi connectivity index (χ4n) is 2.62. The van der Waals surface area contributed by atoms with Gasteiger partial charge in [-0.05, 0) is 38.5 Å². The molecule has 2 aromatic rings. The van der Waals surface area contributed by atoms with E-state index in [1.807, 2.05) is 0 Å². The molecule has 0 saturated heterocycles. The summed E-state index contributed by atoms with van der Waals surface area (Å²) < 4.78 is 51.3. The minimum Gasteiger partial charge on any atom is -0.492 e. The third kappa shape index (κ3) is 4.22. The van der Waals surface area contributed by atoms with Crippen molar-refractivity contribution in [3.8, 4) is 11.4 Å². The summed E-state index contributed by atoms with van der Waals surface area (Å²) in [4.78, 5) is 12.4. The number of benzene rings is 1. The monoisotopic (exact) mass is 400 g/mol. The molecule has 1 atom stereocenters. The molecule has 0 fully saturated rings. The highest BCUT2D eigenvalue weighted by molar-refractivity contribution is 5.95. The van der Waals surface area contributed by atoms with Gasteiger partial charge in [-0.15, -0.1) is 0 Å². The number of nitrogen functional groups attached to an aromatic ring is 1. The highest BCUT2D eigenvalue weighted by Crippen LogP contribution is 2.39. The summed E-state index contributed by atoms with van der Waals surface area (Å²) in [6.45, 7) is 4.81. The summed E-state index contributed by atoms with van der Waals surface area (Å²) in [6.07, 6.45) is -4.58. The Labute approximate surface area is 160 Å². The fraction of sp³-hybridized carbons (Fsp3) is 0.444. The lowest BCUT2D eigenvalue weighted by Gasteiger charge is -2.14. The molecule has 7 nitrogen and oxygen atoms in total. The van der Waals surface area contributed by atoms with Crippen molar-refractivity contribution in [1.82, 2.24) is 9.78 Å². The summed E-state index contributed by atoms with van der Waals surface area (Å²) in [5, 5.41) is 4.01. The number of hydrogen-bond donors (Lipinski definition) is 2. The van der Waals surface area contributed by atoms with Crippen LogP contribution in [0.25, 0.3) is 5.69 Å². The third-order valence-electron chi connectivity index (χ3n) is 4.11. The van der Waals surface area contributed by atoms with E-state index in [4.69, 9.17) is 20.9 Å². The molecule has 0 aliphatic rings. The van der Waals surface area contributed by atoms with E-state index in [9.17, 15) is 18.0 Å². The van der Waals surface area contributed by atoms with E-state index >= 15 is 0 Å². The molecule has 4 N–H and O–H groups in total. The number of alkyl halides is 3. The minimum absolute atomic E-state index is 0.0258. The number of esters is 1. The van der Waals surface area contributed by atoms with E-state index < -0.39 is 23.8 Å². The van der Waals surface area contributed by atoms with Crippen LogP contribution in [0.15, 0.2) is 18.2 Å². The van der Waals surface area contributed by atoms with Gasteiger partial charge < -0.3 is 20.9 Å². The first-order chi connectivity index (χ1) is 13.1. The first-order valence-electron chi connectivity index (χ1n) is 8.73. The fourth-order valence-corrected chi connectivity index (χ4v) is 2.62.